The van der Waals surface area contributed by atoms with E-state index in [1.807, 2.05) is 6.92 Å². The predicted molar refractivity (Wildman–Crippen MR) is 232 cm³/mol. The van der Waals surface area contributed by atoms with Gasteiger partial charge in [0.05, 0.1) is 63.6 Å². The SMILES string of the molecule is CC(=O)OC1OC[C@H](C)[C@H]1C.C[C@H]1C(=O)OC[C@@H]1O.C[C@H]1C(O)OC[C@@H]1O.O=C(O)[C@H](O)[C@@H](O)CO.O=C([O-])[C@H](O)[C@@H](O)CO.O=C([O-])[C@H](O)[C@@H](O)CO.O=C1OC[C@H](O)[C@H]1O.O=C1O[C@H]([C@@H](O)CO)C(O)=C1O.[Ca+2]. The average molecular weight is 1130 g/mol. The van der Waals surface area contributed by atoms with Gasteiger partial charge < -0.3 is 145 Å². The maximum Gasteiger partial charge on any atom is 2.00 e. The van der Waals surface area contributed by atoms with Crippen LogP contribution >= 0.6 is 0 Å². The molecular weight excluding hydrogens is 1060 g/mol. The average Bonchev–Trinajstić information content (AvgIpc) is 4.11. The number of aliphatic hydroxyl groups excluding tert-OH is 18. The quantitative estimate of drug-likeness (QED) is 0.0490. The molecule has 75 heavy (non-hydrogen) atoms. The van der Waals surface area contributed by atoms with Crippen molar-refractivity contribution < 1.29 is 169 Å². The van der Waals surface area contributed by atoms with Gasteiger partial charge in [0, 0.05) is 18.8 Å². The van der Waals surface area contributed by atoms with Crippen LogP contribution in [-0.2, 0) is 62.0 Å². The number of ether oxygens (including phenoxy) is 6. The Morgan fingerprint density at radius 2 is 1.07 bits per heavy atom. The fraction of sp³-hybridized carbons (Fsp3) is 0.775. The number of carbonyl (C=O) groups is 7. The van der Waals surface area contributed by atoms with Crippen LogP contribution in [0.4, 0.5) is 0 Å². The van der Waals surface area contributed by atoms with Crippen molar-refractivity contribution in [3.63, 3.8) is 0 Å². The van der Waals surface area contributed by atoms with Crippen molar-refractivity contribution in [2.24, 2.45) is 23.7 Å². The molecule has 0 bridgehead atoms. The van der Waals surface area contributed by atoms with Crippen molar-refractivity contribution in [2.75, 3.05) is 52.9 Å². The second-order valence-corrected chi connectivity index (χ2v) is 15.8. The molecule has 0 aliphatic carbocycles. The molecule has 34 nitrogen and oxygen atoms in total. The third-order valence-electron chi connectivity index (χ3n) is 9.84. The minimum Gasteiger partial charge on any atom is -0.547 e. The van der Waals surface area contributed by atoms with Gasteiger partial charge in [-0.25, -0.2) is 14.4 Å². The van der Waals surface area contributed by atoms with E-state index in [2.05, 4.69) is 25.9 Å². The van der Waals surface area contributed by atoms with E-state index in [-0.39, 0.29) is 87.6 Å². The van der Waals surface area contributed by atoms with Gasteiger partial charge in [0.2, 0.25) is 12.0 Å². The molecule has 0 aromatic rings. The van der Waals surface area contributed by atoms with Gasteiger partial charge in [-0.05, 0) is 12.8 Å². The molecule has 0 aromatic heterocycles. The number of carboxylic acids is 3. The fourth-order valence-electron chi connectivity index (χ4n) is 4.52. The first-order valence-corrected chi connectivity index (χ1v) is 21.4. The third-order valence-corrected chi connectivity index (χ3v) is 9.84. The minimum atomic E-state index is -2.00. The number of esters is 4. The van der Waals surface area contributed by atoms with E-state index in [0.717, 1.165) is 0 Å². The zero-order valence-electron chi connectivity index (χ0n) is 40.9. The summed E-state index contributed by atoms with van der Waals surface area (Å²) in [4.78, 5) is 70.8. The molecule has 5 rings (SSSR count). The summed E-state index contributed by atoms with van der Waals surface area (Å²) < 4.78 is 27.9. The van der Waals surface area contributed by atoms with Gasteiger partial charge in [-0.2, -0.15) is 0 Å². The Labute approximate surface area is 455 Å². The summed E-state index contributed by atoms with van der Waals surface area (Å²) in [5.41, 5.74) is 0. The summed E-state index contributed by atoms with van der Waals surface area (Å²) in [5.74, 6) is -8.86. The normalized spacial score (nSPS) is 28.7. The fourth-order valence-corrected chi connectivity index (χ4v) is 4.52. The summed E-state index contributed by atoms with van der Waals surface area (Å²) in [6.07, 6.45) is -18.1. The van der Waals surface area contributed by atoms with Gasteiger partial charge in [0.15, 0.2) is 30.4 Å². The molecule has 2 unspecified atom stereocenters. The summed E-state index contributed by atoms with van der Waals surface area (Å²) in [6, 6.07) is 0. The maximum atomic E-state index is 10.5. The number of rotatable bonds is 12. The van der Waals surface area contributed by atoms with Gasteiger partial charge in [-0.15, -0.1) is 0 Å². The Morgan fingerprint density at radius 1 is 0.627 bits per heavy atom. The van der Waals surface area contributed by atoms with Crippen molar-refractivity contribution >= 4 is 79.5 Å². The molecule has 0 amide bonds. The molecular formula is C40H68CaO34. The Bertz CT molecular complexity index is 1620. The van der Waals surface area contributed by atoms with Crippen LogP contribution in [0, 0.1) is 23.7 Å². The van der Waals surface area contributed by atoms with Crippen molar-refractivity contribution in [2.45, 2.75) is 120 Å². The van der Waals surface area contributed by atoms with E-state index in [1.54, 1.807) is 13.8 Å². The first kappa shape index (κ1) is 77.7. The van der Waals surface area contributed by atoms with Crippen molar-refractivity contribution in [1.82, 2.24) is 0 Å². The summed E-state index contributed by atoms with van der Waals surface area (Å²) >= 11 is 0. The van der Waals surface area contributed by atoms with E-state index in [1.165, 1.54) is 6.92 Å². The Balaban J connectivity index is -0.000000385. The summed E-state index contributed by atoms with van der Waals surface area (Å²) in [5, 5.41) is 180. The Morgan fingerprint density at radius 3 is 1.24 bits per heavy atom. The summed E-state index contributed by atoms with van der Waals surface area (Å²) in [7, 11) is 0. The topological polar surface area (TPSA) is 605 Å². The zero-order valence-corrected chi connectivity index (χ0v) is 43.1. The first-order chi connectivity index (χ1) is 34.1. The molecule has 19 N–H and O–H groups in total. The number of carboxylic acid groups (broad SMARTS) is 3. The van der Waals surface area contributed by atoms with Gasteiger partial charge in [0.25, 0.3) is 0 Å². The predicted octanol–water partition coefficient (Wildman–Crippen LogP) is -12.8. The molecule has 5 heterocycles. The van der Waals surface area contributed by atoms with Crippen LogP contribution in [-0.4, -0.2) is 315 Å². The van der Waals surface area contributed by atoms with Crippen LogP contribution in [0.3, 0.4) is 0 Å². The van der Waals surface area contributed by atoms with E-state index in [4.69, 9.17) is 106 Å². The molecule has 0 spiro atoms. The third kappa shape index (κ3) is 30.1. The molecule has 0 saturated carbocycles. The van der Waals surface area contributed by atoms with E-state index in [9.17, 15) is 43.8 Å². The molecule has 0 aromatic carbocycles. The Hall–Kier alpha value is -3.83. The van der Waals surface area contributed by atoms with Gasteiger partial charge in [-0.3, -0.25) is 9.59 Å². The van der Waals surface area contributed by atoms with Crippen LogP contribution in [0.2, 0.25) is 0 Å². The van der Waals surface area contributed by atoms with E-state index < -0.39 is 147 Å². The molecule has 0 radical (unpaired) electrons. The molecule has 434 valence electrons. The Kier molecular flexibility index (Phi) is 41.8. The van der Waals surface area contributed by atoms with Gasteiger partial charge in [0.1, 0.15) is 62.0 Å². The van der Waals surface area contributed by atoms with E-state index >= 15 is 0 Å². The molecule has 35 heteroatoms. The molecule has 5 aliphatic heterocycles. The number of carbonyl (C=O) groups excluding carboxylic acids is 6. The second-order valence-electron chi connectivity index (χ2n) is 15.8. The van der Waals surface area contributed by atoms with Crippen LogP contribution < -0.4 is 10.2 Å². The van der Waals surface area contributed by atoms with Crippen LogP contribution in [0.5, 0.6) is 0 Å². The van der Waals surface area contributed by atoms with Crippen LogP contribution in [0.1, 0.15) is 34.6 Å². The van der Waals surface area contributed by atoms with Gasteiger partial charge in [-0.1, -0.05) is 20.8 Å². The molecule has 5 aliphatic rings. The van der Waals surface area contributed by atoms with Gasteiger partial charge >= 0.3 is 67.6 Å². The molecule has 4 saturated heterocycles. The standard InChI is InChI=1S/C8H14O3.C6H8O6.C5H10O3.C5H8O3.3C4H8O5.C4H6O4.Ca/c1-5-4-10-8(6(5)2)11-7(3)9;7-1-2(8)5-3(9)4(10)6(11)12-5;2*1-3-4(6)2-8-5(3)7;3*5-1-2(6)3(7)4(8)9;5-2-1-8-4(7)3(2)6;/h5-6,8H,4H2,1-3H3;2,5,7-10H,1H2;3-7H,2H2,1H3;3-4,6H,2H2,1H3;3*2-3,5-7H,1H2,(H,8,9);2-3,5-6H,1H2;/q;;;;;;;;+2/p-2/t5-,6+,8?;2-,5+;3-,4+,5?;3-,4+;4*2-,3+;/m00110000./s1. The second kappa shape index (κ2) is 40.4. The largest absolute Gasteiger partial charge is 2.00 e. The molecule has 18 atom stereocenters. The monoisotopic (exact) mass is 1130 g/mol. The van der Waals surface area contributed by atoms with Crippen molar-refractivity contribution in [3.05, 3.63) is 11.5 Å². The van der Waals surface area contributed by atoms with Crippen LogP contribution in [0.15, 0.2) is 11.5 Å². The number of hydrogen-bond donors (Lipinski definition) is 19. The van der Waals surface area contributed by atoms with E-state index in [0.29, 0.717) is 18.4 Å². The zero-order chi connectivity index (χ0) is 58.5. The summed E-state index contributed by atoms with van der Waals surface area (Å²) in [6.45, 7) is 6.95. The smallest absolute Gasteiger partial charge is 0.547 e. The first-order valence-electron chi connectivity index (χ1n) is 21.4. The number of aliphatic hydroxyl groups is 18. The minimum absolute atomic E-state index is 0. The number of hydrogen-bond acceptors (Lipinski definition) is 33. The number of aliphatic carboxylic acids is 3. The van der Waals surface area contributed by atoms with Crippen molar-refractivity contribution in [1.29, 1.82) is 0 Å². The van der Waals surface area contributed by atoms with Crippen LogP contribution in [0.25, 0.3) is 0 Å². The van der Waals surface area contributed by atoms with Crippen molar-refractivity contribution in [3.8, 4) is 0 Å². The maximum absolute atomic E-state index is 10.5. The number of cyclic esters (lactones) is 3. The molecule has 4 fully saturated rings.